The molecular formula is C6H13O4P. The maximum atomic E-state index is 5.12. The predicted molar refractivity (Wildman–Crippen MR) is 40.3 cm³/mol. The molecule has 0 N–H and O–H groups in total. The number of rotatable bonds is 6. The summed E-state index contributed by atoms with van der Waals surface area (Å²) in [6.07, 6.45) is 4.78. The van der Waals surface area contributed by atoms with Crippen LogP contribution in [-0.4, -0.2) is 6.61 Å². The molecule has 0 saturated carbocycles. The highest BCUT2D eigenvalue weighted by atomic mass is 31.2. The van der Waals surface area contributed by atoms with E-state index in [1.807, 2.05) is 0 Å². The number of unbranched alkanes of at least 4 members (excludes halogenated alkanes) is 3. The first-order valence-electron chi connectivity index (χ1n) is 3.88. The molecule has 5 heteroatoms. The van der Waals surface area contributed by atoms with Crippen molar-refractivity contribution in [3.05, 3.63) is 0 Å². The molecule has 1 heterocycles. The van der Waals surface area contributed by atoms with Crippen molar-refractivity contribution < 1.29 is 18.9 Å². The molecule has 1 rings (SSSR count). The number of hydrogen-bond donors (Lipinski definition) is 0. The molecule has 0 unspecified atom stereocenters. The van der Waals surface area contributed by atoms with E-state index in [0.29, 0.717) is 6.61 Å². The molecule has 66 valence electrons. The van der Waals surface area contributed by atoms with Crippen LogP contribution in [0, 0.1) is 0 Å². The summed E-state index contributed by atoms with van der Waals surface area (Å²) in [6, 6.07) is 0. The van der Waals surface area contributed by atoms with Gasteiger partial charge >= 0.3 is 8.60 Å². The molecule has 0 spiro atoms. The Morgan fingerprint density at radius 2 is 2.00 bits per heavy atom. The van der Waals surface area contributed by atoms with Crippen LogP contribution in [0.4, 0.5) is 0 Å². The van der Waals surface area contributed by atoms with E-state index < -0.39 is 8.60 Å². The van der Waals surface area contributed by atoms with E-state index in [2.05, 4.69) is 21.3 Å². The monoisotopic (exact) mass is 180 g/mol. The largest absolute Gasteiger partial charge is 0.398 e. The number of hydrogen-bond acceptors (Lipinski definition) is 4. The Balaban J connectivity index is 1.73. The topological polar surface area (TPSA) is 36.9 Å². The molecule has 1 fully saturated rings. The molecule has 0 aromatic heterocycles. The van der Waals surface area contributed by atoms with Gasteiger partial charge in [0, 0.05) is 0 Å². The lowest BCUT2D eigenvalue weighted by atomic mass is 10.2. The van der Waals surface area contributed by atoms with Crippen molar-refractivity contribution in [3.63, 3.8) is 0 Å². The lowest BCUT2D eigenvalue weighted by Crippen LogP contribution is -2.05. The first-order valence-corrected chi connectivity index (χ1v) is 4.97. The molecule has 0 aliphatic carbocycles. The van der Waals surface area contributed by atoms with Crippen molar-refractivity contribution in [2.75, 3.05) is 6.61 Å². The van der Waals surface area contributed by atoms with Crippen molar-refractivity contribution in [1.29, 1.82) is 0 Å². The van der Waals surface area contributed by atoms with E-state index in [-0.39, 0.29) is 0 Å². The van der Waals surface area contributed by atoms with Gasteiger partial charge in [-0.25, -0.2) is 0 Å². The minimum absolute atomic E-state index is 0.703. The maximum Gasteiger partial charge on any atom is 0.398 e. The van der Waals surface area contributed by atoms with Gasteiger partial charge in [0.15, 0.2) is 0 Å². The van der Waals surface area contributed by atoms with E-state index in [1.165, 1.54) is 19.3 Å². The molecule has 1 aliphatic heterocycles. The van der Waals surface area contributed by atoms with E-state index in [4.69, 9.17) is 4.52 Å². The average Bonchev–Trinajstić information content (AvgIpc) is 1.93. The van der Waals surface area contributed by atoms with Gasteiger partial charge in [-0.2, -0.15) is 0 Å². The minimum atomic E-state index is -1.14. The maximum absolute atomic E-state index is 5.12. The molecule has 11 heavy (non-hydrogen) atoms. The van der Waals surface area contributed by atoms with Crippen LogP contribution in [0.5, 0.6) is 0 Å². The van der Waals surface area contributed by atoms with Crippen molar-refractivity contribution >= 4 is 8.60 Å². The Hall–Kier alpha value is 0.270. The zero-order valence-corrected chi connectivity index (χ0v) is 7.51. The van der Waals surface area contributed by atoms with Crippen molar-refractivity contribution in [1.82, 2.24) is 0 Å². The molecule has 0 bridgehead atoms. The fourth-order valence-electron chi connectivity index (χ4n) is 0.766. The summed E-state index contributed by atoms with van der Waals surface area (Å²) in [5, 5.41) is 4.02. The highest BCUT2D eigenvalue weighted by Gasteiger charge is 2.25. The Labute approximate surface area is 67.6 Å². The van der Waals surface area contributed by atoms with E-state index >= 15 is 0 Å². The predicted octanol–water partition coefficient (Wildman–Crippen LogP) is 2.70. The second-order valence-corrected chi connectivity index (χ2v) is 3.34. The molecular weight excluding hydrogens is 167 g/mol. The Morgan fingerprint density at radius 1 is 1.18 bits per heavy atom. The third kappa shape index (κ3) is 3.99. The summed E-state index contributed by atoms with van der Waals surface area (Å²) < 4.78 is 14.0. The first kappa shape index (κ1) is 9.36. The van der Waals surface area contributed by atoms with Crippen molar-refractivity contribution in [3.8, 4) is 0 Å². The lowest BCUT2D eigenvalue weighted by Gasteiger charge is -2.18. The molecule has 1 saturated heterocycles. The van der Waals surface area contributed by atoms with Gasteiger partial charge in [0.25, 0.3) is 0 Å². The van der Waals surface area contributed by atoms with Gasteiger partial charge in [-0.15, -0.1) is 9.35 Å². The highest BCUT2D eigenvalue weighted by Crippen LogP contribution is 2.48. The van der Waals surface area contributed by atoms with E-state index in [1.54, 1.807) is 0 Å². The lowest BCUT2D eigenvalue weighted by molar-refractivity contribution is -0.488. The van der Waals surface area contributed by atoms with Gasteiger partial charge in [0.2, 0.25) is 0 Å². The Morgan fingerprint density at radius 3 is 2.55 bits per heavy atom. The highest BCUT2D eigenvalue weighted by molar-refractivity contribution is 7.42. The third-order valence-corrected chi connectivity index (χ3v) is 2.14. The summed E-state index contributed by atoms with van der Waals surface area (Å²) in [6.45, 7) is 2.88. The van der Waals surface area contributed by atoms with E-state index in [9.17, 15) is 0 Å². The van der Waals surface area contributed by atoms with Gasteiger partial charge in [-0.3, -0.25) is 0 Å². The fourth-order valence-corrected chi connectivity index (χ4v) is 1.24. The van der Waals surface area contributed by atoms with Gasteiger partial charge in [-0.1, -0.05) is 31.2 Å². The Bertz CT molecular complexity index is 96.6. The van der Waals surface area contributed by atoms with Gasteiger partial charge < -0.3 is 4.52 Å². The zero-order valence-electron chi connectivity index (χ0n) is 6.62. The van der Waals surface area contributed by atoms with Crippen LogP contribution in [-0.2, 0) is 18.9 Å². The van der Waals surface area contributed by atoms with Crippen LogP contribution >= 0.6 is 8.60 Å². The second kappa shape index (κ2) is 5.86. The third-order valence-electron chi connectivity index (χ3n) is 1.38. The van der Waals surface area contributed by atoms with Crippen LogP contribution in [0.3, 0.4) is 0 Å². The van der Waals surface area contributed by atoms with Gasteiger partial charge in [0.05, 0.1) is 6.61 Å². The molecule has 0 radical (unpaired) electrons. The average molecular weight is 180 g/mol. The smallest absolute Gasteiger partial charge is 0.309 e. The van der Waals surface area contributed by atoms with Crippen molar-refractivity contribution in [2.24, 2.45) is 0 Å². The van der Waals surface area contributed by atoms with Crippen molar-refractivity contribution in [2.45, 2.75) is 32.6 Å². The van der Waals surface area contributed by atoms with Crippen LogP contribution < -0.4 is 0 Å². The molecule has 0 aromatic rings. The van der Waals surface area contributed by atoms with Gasteiger partial charge in [-0.05, 0) is 6.42 Å². The first-order chi connectivity index (χ1) is 5.43. The van der Waals surface area contributed by atoms with E-state index in [0.717, 1.165) is 6.42 Å². The van der Waals surface area contributed by atoms with Crippen LogP contribution in [0.15, 0.2) is 0 Å². The molecule has 4 nitrogen and oxygen atoms in total. The molecule has 0 aromatic carbocycles. The fraction of sp³-hybridized carbons (Fsp3) is 1.00. The SMILES string of the molecule is CCCCCCOP1OOO1. The Kier molecular flexibility index (Phi) is 4.99. The summed E-state index contributed by atoms with van der Waals surface area (Å²) in [5.41, 5.74) is 0. The van der Waals surface area contributed by atoms with Gasteiger partial charge in [0.1, 0.15) is 0 Å². The molecule has 0 amide bonds. The molecule has 0 atom stereocenters. The second-order valence-electron chi connectivity index (χ2n) is 2.33. The molecule has 1 aliphatic rings. The summed E-state index contributed by atoms with van der Waals surface area (Å²) in [7, 11) is -1.14. The summed E-state index contributed by atoms with van der Waals surface area (Å²) >= 11 is 0. The standard InChI is InChI=1S/C6H13O4P/c1-2-3-4-5-6-7-11-9-8-10-11/h2-6H2,1H3. The normalized spacial score (nSPS) is 18.3. The quantitative estimate of drug-likeness (QED) is 0.357. The minimum Gasteiger partial charge on any atom is -0.309 e. The zero-order chi connectivity index (χ0) is 7.94. The van der Waals surface area contributed by atoms with Crippen LogP contribution in [0.25, 0.3) is 0 Å². The summed E-state index contributed by atoms with van der Waals surface area (Å²) in [4.78, 5) is 0. The summed E-state index contributed by atoms with van der Waals surface area (Å²) in [5.74, 6) is 0. The van der Waals surface area contributed by atoms with Crippen LogP contribution in [0.1, 0.15) is 32.6 Å². The van der Waals surface area contributed by atoms with Crippen LogP contribution in [0.2, 0.25) is 0 Å².